The SMILES string of the molecule is [B]C/C([B])=C(/[B])c1c(C#C)c(-c2c([B])c(/C([B])=C(/[B])C([B])=C)c(-c3c([B])c([B])c([B])c([B])c3[B])c(/C([B])=C(/[B])C([B])=[B])c2C)c2c([B])c([B])c([B])c([B])c2c1-c1c([B])c([B])c(-c2c([B])c([B])c3c([B])c([B])c([B])c([B])c3c2[B])c([B])c1[B]. The Balaban J connectivity index is 1.89. The van der Waals surface area contributed by atoms with Crippen molar-refractivity contribution in [2.45, 2.75) is 13.2 Å². The summed E-state index contributed by atoms with van der Waals surface area (Å²) in [5, 5.41) is -0.563. The van der Waals surface area contributed by atoms with Gasteiger partial charge >= 0.3 is 362 Å². The summed E-state index contributed by atoms with van der Waals surface area (Å²) in [6.45, 7) is 5.30. The van der Waals surface area contributed by atoms with Crippen LogP contribution in [0, 0.1) is 19.3 Å². The molecular weight excluding hydrogens is 948 g/mol. The zero-order valence-electron chi connectivity index (χ0n) is 44.4. The molecule has 0 saturated heterocycles. The third-order valence-corrected chi connectivity index (χ3v) is 14.8. The van der Waals surface area contributed by atoms with Crippen LogP contribution in [0.1, 0.15) is 27.8 Å². The molecule has 61 radical (unpaired) electrons. The van der Waals surface area contributed by atoms with Crippen LogP contribution in [0.25, 0.3) is 82.5 Å². The van der Waals surface area contributed by atoms with Gasteiger partial charge in [0.1, 0.15) is 86.3 Å². The molecule has 0 unspecified atom stereocenters. The molecular formula is C51H8B31. The maximum absolute atomic E-state index is 7.53. The number of hydrogen-bond acceptors (Lipinski definition) is 0. The fourth-order valence-electron chi connectivity index (χ4n) is 10.4. The Hall–Kier alpha value is -4.54. The van der Waals surface area contributed by atoms with Crippen LogP contribution in [-0.4, -0.2) is 248 Å². The zero-order valence-corrected chi connectivity index (χ0v) is 44.4. The maximum atomic E-state index is 7.53. The Bertz CT molecular complexity index is 4160. The Kier molecular flexibility index (Phi) is 18.8. The van der Waals surface area contributed by atoms with Crippen molar-refractivity contribution in [3.05, 3.63) is 56.3 Å². The predicted octanol–water partition coefficient (Wildman–Crippen LogP) is -16.6. The van der Waals surface area contributed by atoms with Crippen molar-refractivity contribution in [3.63, 3.8) is 0 Å². The molecule has 31 heteroatoms. The van der Waals surface area contributed by atoms with Crippen LogP contribution in [0.5, 0.6) is 0 Å². The van der Waals surface area contributed by atoms with Crippen molar-refractivity contribution in [2.24, 2.45) is 0 Å². The summed E-state index contributed by atoms with van der Waals surface area (Å²) in [5.41, 5.74) is -8.54. The molecule has 0 nitrogen and oxygen atoms in total. The van der Waals surface area contributed by atoms with Gasteiger partial charge < -0.3 is 0 Å². The van der Waals surface area contributed by atoms with E-state index in [9.17, 15) is 0 Å². The number of fused-ring (bicyclic) bond motifs is 2. The van der Waals surface area contributed by atoms with Crippen molar-refractivity contribution >= 4 is 401 Å². The Morgan fingerprint density at radius 1 is 0.341 bits per heavy atom. The van der Waals surface area contributed by atoms with Gasteiger partial charge in [-0.2, -0.15) is 0 Å². The first-order chi connectivity index (χ1) is 38.0. The fourth-order valence-corrected chi connectivity index (χ4v) is 10.4. The first-order valence-corrected chi connectivity index (χ1v) is 23.8. The number of benzene rings is 7. The van der Waals surface area contributed by atoms with Crippen LogP contribution in [0.2, 0.25) is 6.32 Å². The van der Waals surface area contributed by atoms with Gasteiger partial charge in [-0.3, -0.25) is 0 Å². The molecule has 0 atom stereocenters. The van der Waals surface area contributed by atoms with Gasteiger partial charge in [-0.05, 0) is 21.9 Å². The van der Waals surface area contributed by atoms with Crippen LogP contribution in [0.4, 0.5) is 0 Å². The van der Waals surface area contributed by atoms with E-state index < -0.39 is 11.7 Å². The first-order valence-electron chi connectivity index (χ1n) is 23.8. The van der Waals surface area contributed by atoms with Gasteiger partial charge in [0, 0.05) is 0 Å². The van der Waals surface area contributed by atoms with Gasteiger partial charge in [-0.1, -0.05) is 38.2 Å². The molecule has 0 fully saturated rings. The Labute approximate surface area is 523 Å². The standard InChI is InChI=1S/C51H8B31/c1-4-8-12(10-6(2)11(29(59)50(80)51(81)82)14(18(27(10)57)32(62)25(55)7(3)53)19-39(69)47(77)49(79)48(78)40(19)70)16-17(31(61)44(74)43(73)30(16)60)15(13(8)26(56)9(54)5-52)20-33(63)36(66)23(37(67)34(20)64)21-28(58)22-24(38(68)35(21)65)42(72)46(76)45(75)41(22)71/h1H,3,5H2,2H3/b26-9-,32-25-,50-29-. The quantitative estimate of drug-likeness (QED) is 0.0728. The van der Waals surface area contributed by atoms with E-state index in [-0.39, 0.29) is 247 Å². The molecule has 0 heterocycles. The average molecular weight is 956 g/mol. The van der Waals surface area contributed by atoms with E-state index in [0.717, 1.165) is 0 Å². The molecule has 0 saturated carbocycles. The van der Waals surface area contributed by atoms with Gasteiger partial charge in [0.25, 0.3) is 0 Å². The molecule has 0 spiro atoms. The normalized spacial score (nSPS) is 12.4. The molecule has 0 aliphatic heterocycles. The average Bonchev–Trinajstić information content (AvgIpc) is 0.832. The van der Waals surface area contributed by atoms with Crippen LogP contribution in [0.15, 0.2) is 28.5 Å². The molecule has 7 aromatic carbocycles. The van der Waals surface area contributed by atoms with Gasteiger partial charge in [-0.25, -0.2) is 0 Å². The predicted molar refractivity (Wildman–Crippen MR) is 386 cm³/mol. The number of rotatable bonds is 10. The van der Waals surface area contributed by atoms with Crippen LogP contribution < -0.4 is 115 Å². The fraction of sp³-hybridized carbons (Fsp3) is 0.0392. The smallest absolute Gasteiger partial charge is 0.110 e. The van der Waals surface area contributed by atoms with Gasteiger partial charge in [0.05, 0.1) is 7.85 Å². The van der Waals surface area contributed by atoms with E-state index in [1.165, 1.54) is 6.92 Å². The third-order valence-electron chi connectivity index (χ3n) is 14.8. The summed E-state index contributed by atoms with van der Waals surface area (Å²) in [6.07, 6.45) is 6.32. The summed E-state index contributed by atoms with van der Waals surface area (Å²) in [5.74, 6) is 2.72. The summed E-state index contributed by atoms with van der Waals surface area (Å²) in [6, 6.07) is 0. The minimum absolute atomic E-state index is 0.0522. The molecule has 0 aliphatic rings. The molecule has 7 rings (SSSR count). The molecule has 305 valence electrons. The molecule has 7 aromatic rings. The van der Waals surface area contributed by atoms with Crippen LogP contribution in [-0.2, 0) is 0 Å². The van der Waals surface area contributed by atoms with E-state index in [4.69, 9.17) is 249 Å². The van der Waals surface area contributed by atoms with E-state index in [2.05, 4.69) is 12.5 Å². The summed E-state index contributed by atoms with van der Waals surface area (Å²) in [7, 11) is 208. The topological polar surface area (TPSA) is 0 Å². The van der Waals surface area contributed by atoms with Gasteiger partial charge in [0.15, 0.2) is 0 Å². The molecule has 0 bridgehead atoms. The molecule has 0 amide bonds. The van der Waals surface area contributed by atoms with E-state index in [0.29, 0.717) is 0 Å². The number of terminal acetylenes is 1. The Morgan fingerprint density at radius 2 is 0.659 bits per heavy atom. The molecule has 0 N–H and O–H groups in total. The minimum Gasteiger partial charge on any atom is -0.110 e. The van der Waals surface area contributed by atoms with E-state index in [1.54, 1.807) is 0 Å². The molecule has 0 aliphatic carbocycles. The number of hydrogen-bond donors (Lipinski definition) is 0. The van der Waals surface area contributed by atoms with E-state index in [1.807, 2.05) is 0 Å². The zero-order chi connectivity index (χ0) is 62.0. The van der Waals surface area contributed by atoms with Crippen LogP contribution >= 0.6 is 0 Å². The van der Waals surface area contributed by atoms with E-state index >= 15 is 0 Å². The van der Waals surface area contributed by atoms with Crippen molar-refractivity contribution < 1.29 is 0 Å². The van der Waals surface area contributed by atoms with Crippen molar-refractivity contribution in [1.82, 2.24) is 0 Å². The van der Waals surface area contributed by atoms with Gasteiger partial charge in [0.2, 0.25) is 0 Å². The van der Waals surface area contributed by atoms with Gasteiger partial charge in [-0.15, -0.1) is 10.9 Å². The summed E-state index contributed by atoms with van der Waals surface area (Å²) in [4.78, 5) is 0. The van der Waals surface area contributed by atoms with Crippen LogP contribution in [0.3, 0.4) is 0 Å². The third kappa shape index (κ3) is 9.72. The minimum atomic E-state index is -0.465. The molecule has 82 heavy (non-hydrogen) atoms. The Morgan fingerprint density at radius 3 is 1.07 bits per heavy atom. The second-order valence-corrected chi connectivity index (χ2v) is 19.2. The number of allylic oxidation sites excluding steroid dienone is 4. The van der Waals surface area contributed by atoms with Crippen molar-refractivity contribution in [1.29, 1.82) is 0 Å². The summed E-state index contributed by atoms with van der Waals surface area (Å²) >= 11 is 0. The monoisotopic (exact) mass is 961 g/mol. The first kappa shape index (κ1) is 65.0. The van der Waals surface area contributed by atoms with Crippen molar-refractivity contribution in [3.8, 4) is 56.9 Å². The summed E-state index contributed by atoms with van der Waals surface area (Å²) < 4.78 is 0. The second kappa shape index (κ2) is 23.7. The molecule has 0 aromatic heterocycles. The second-order valence-electron chi connectivity index (χ2n) is 19.2. The van der Waals surface area contributed by atoms with Crippen molar-refractivity contribution in [2.75, 3.05) is 0 Å².